The first-order valence-electron chi connectivity index (χ1n) is 6.72. The van der Waals surface area contributed by atoms with E-state index in [-0.39, 0.29) is 30.7 Å². The fourth-order valence-corrected chi connectivity index (χ4v) is 2.75. The van der Waals surface area contributed by atoms with Crippen molar-refractivity contribution >= 4 is 36.4 Å². The molecule has 0 atom stereocenters. The Morgan fingerprint density at radius 1 is 1.10 bits per heavy atom. The number of amides is 1. The van der Waals surface area contributed by atoms with Gasteiger partial charge in [-0.2, -0.15) is 0 Å². The van der Waals surface area contributed by atoms with Gasteiger partial charge in [0.1, 0.15) is 0 Å². The van der Waals surface area contributed by atoms with Crippen LogP contribution in [0.25, 0.3) is 0 Å². The van der Waals surface area contributed by atoms with Gasteiger partial charge in [-0.15, -0.1) is 24.8 Å². The minimum atomic E-state index is 0. The Kier molecular flexibility index (Phi) is 6.59. The molecule has 1 amide bonds. The Bertz CT molecular complexity index is 462. The molecule has 112 valence electrons. The molecule has 0 aromatic heterocycles. The van der Waals surface area contributed by atoms with Crippen molar-refractivity contribution in [2.24, 2.45) is 0 Å². The fraction of sp³-hybridized carbons (Fsp3) is 0.500. The average molecular weight is 318 g/mol. The van der Waals surface area contributed by atoms with E-state index in [1.165, 1.54) is 5.56 Å². The fourth-order valence-electron chi connectivity index (χ4n) is 2.75. The normalized spacial score (nSPS) is 17.1. The van der Waals surface area contributed by atoms with Crippen LogP contribution in [0.1, 0.15) is 22.3 Å². The Morgan fingerprint density at radius 3 is 2.60 bits per heavy atom. The first kappa shape index (κ1) is 17.1. The summed E-state index contributed by atoms with van der Waals surface area (Å²) < 4.78 is 0. The molecule has 2 heterocycles. The highest BCUT2D eigenvalue weighted by Crippen LogP contribution is 2.26. The van der Waals surface area contributed by atoms with Gasteiger partial charge in [0.2, 0.25) is 0 Å². The molecular formula is C14H21Cl2N3O. The van der Waals surface area contributed by atoms with Crippen molar-refractivity contribution in [1.29, 1.82) is 0 Å². The van der Waals surface area contributed by atoms with E-state index in [0.717, 1.165) is 56.8 Å². The summed E-state index contributed by atoms with van der Waals surface area (Å²) in [6.45, 7) is 4.45. The zero-order valence-corrected chi connectivity index (χ0v) is 13.0. The van der Waals surface area contributed by atoms with E-state index in [2.05, 4.69) is 16.7 Å². The van der Waals surface area contributed by atoms with E-state index in [0.29, 0.717) is 0 Å². The zero-order chi connectivity index (χ0) is 12.4. The Morgan fingerprint density at radius 2 is 1.85 bits per heavy atom. The molecule has 1 aromatic rings. The highest BCUT2D eigenvalue weighted by Gasteiger charge is 2.22. The van der Waals surface area contributed by atoms with Crippen molar-refractivity contribution in [2.45, 2.75) is 12.8 Å². The van der Waals surface area contributed by atoms with Crippen LogP contribution in [-0.2, 0) is 6.42 Å². The number of nitrogens with zero attached hydrogens (tertiary/aromatic N) is 1. The van der Waals surface area contributed by atoms with E-state index in [1.54, 1.807) is 0 Å². The van der Waals surface area contributed by atoms with Crippen molar-refractivity contribution in [1.82, 2.24) is 10.2 Å². The van der Waals surface area contributed by atoms with Gasteiger partial charge in [-0.05, 0) is 30.5 Å². The van der Waals surface area contributed by atoms with Crippen LogP contribution in [0.15, 0.2) is 18.2 Å². The first-order valence-corrected chi connectivity index (χ1v) is 6.72. The van der Waals surface area contributed by atoms with Gasteiger partial charge in [0.05, 0.1) is 0 Å². The molecule has 3 rings (SSSR count). The van der Waals surface area contributed by atoms with E-state index < -0.39 is 0 Å². The number of piperazine rings is 1. The third-order valence-corrected chi connectivity index (χ3v) is 3.73. The van der Waals surface area contributed by atoms with Crippen LogP contribution in [0, 0.1) is 0 Å². The molecule has 4 nitrogen and oxygen atoms in total. The van der Waals surface area contributed by atoms with Gasteiger partial charge in [0, 0.05) is 44.0 Å². The molecule has 0 saturated carbocycles. The number of nitrogens with one attached hydrogen (secondary N) is 2. The highest BCUT2D eigenvalue weighted by atomic mass is 35.5. The molecule has 2 aliphatic rings. The van der Waals surface area contributed by atoms with Crippen LogP contribution < -0.4 is 10.6 Å². The summed E-state index contributed by atoms with van der Waals surface area (Å²) in [6.07, 6.45) is 2.12. The molecule has 2 aliphatic heterocycles. The van der Waals surface area contributed by atoms with E-state index in [1.807, 2.05) is 17.0 Å². The molecule has 0 spiro atoms. The molecule has 0 aliphatic carbocycles. The number of anilines is 1. The molecule has 0 radical (unpaired) electrons. The molecule has 20 heavy (non-hydrogen) atoms. The van der Waals surface area contributed by atoms with Gasteiger partial charge in [-0.25, -0.2) is 0 Å². The first-order chi connectivity index (χ1) is 8.86. The van der Waals surface area contributed by atoms with Crippen molar-refractivity contribution in [3.8, 4) is 0 Å². The third kappa shape index (κ3) is 3.37. The maximum Gasteiger partial charge on any atom is 0.254 e. The number of carbonyl (C=O) groups is 1. The average Bonchev–Trinajstić information content (AvgIpc) is 2.47. The summed E-state index contributed by atoms with van der Waals surface area (Å²) in [7, 11) is 0. The number of carbonyl (C=O) groups excluding carboxylic acids is 1. The SMILES string of the molecule is Cl.Cl.O=C(c1cccc2c1CCCN2)N1CCNCC1. The van der Waals surface area contributed by atoms with Crippen molar-refractivity contribution in [3.05, 3.63) is 29.3 Å². The Labute approximate surface area is 132 Å². The molecule has 1 aromatic carbocycles. The Balaban J connectivity index is 0.000001000. The Hall–Kier alpha value is -0.970. The summed E-state index contributed by atoms with van der Waals surface area (Å²) in [5.74, 6) is 0.192. The predicted molar refractivity (Wildman–Crippen MR) is 86.5 cm³/mol. The summed E-state index contributed by atoms with van der Waals surface area (Å²) in [5.41, 5.74) is 3.23. The van der Waals surface area contributed by atoms with Crippen LogP contribution in [0.5, 0.6) is 0 Å². The zero-order valence-electron chi connectivity index (χ0n) is 11.4. The lowest BCUT2D eigenvalue weighted by Crippen LogP contribution is -2.46. The van der Waals surface area contributed by atoms with Gasteiger partial charge in [-0.3, -0.25) is 4.79 Å². The maximum absolute atomic E-state index is 12.5. The second-order valence-corrected chi connectivity index (χ2v) is 4.90. The third-order valence-electron chi connectivity index (χ3n) is 3.73. The number of hydrogen-bond acceptors (Lipinski definition) is 3. The van der Waals surface area contributed by atoms with Gasteiger partial charge >= 0.3 is 0 Å². The minimum Gasteiger partial charge on any atom is -0.385 e. The second kappa shape index (κ2) is 7.72. The van der Waals surface area contributed by atoms with Crippen LogP contribution in [0.4, 0.5) is 5.69 Å². The predicted octanol–water partition coefficient (Wildman–Crippen LogP) is 1.93. The minimum absolute atomic E-state index is 0. The molecule has 6 heteroatoms. The summed E-state index contributed by atoms with van der Waals surface area (Å²) in [6, 6.07) is 6.02. The second-order valence-electron chi connectivity index (χ2n) is 4.90. The number of fused-ring (bicyclic) bond motifs is 1. The van der Waals surface area contributed by atoms with Gasteiger partial charge in [0.25, 0.3) is 5.91 Å². The number of hydrogen-bond donors (Lipinski definition) is 2. The molecule has 0 bridgehead atoms. The quantitative estimate of drug-likeness (QED) is 0.832. The van der Waals surface area contributed by atoms with Crippen LogP contribution in [0.3, 0.4) is 0 Å². The van der Waals surface area contributed by atoms with Gasteiger partial charge < -0.3 is 15.5 Å². The van der Waals surface area contributed by atoms with Crippen LogP contribution in [-0.4, -0.2) is 43.5 Å². The topological polar surface area (TPSA) is 44.4 Å². The summed E-state index contributed by atoms with van der Waals surface area (Å²) >= 11 is 0. The molecule has 2 N–H and O–H groups in total. The highest BCUT2D eigenvalue weighted by molar-refractivity contribution is 5.97. The maximum atomic E-state index is 12.5. The lowest BCUT2D eigenvalue weighted by molar-refractivity contribution is 0.0734. The molecule has 0 unspecified atom stereocenters. The number of benzene rings is 1. The van der Waals surface area contributed by atoms with Crippen LogP contribution >= 0.6 is 24.8 Å². The van der Waals surface area contributed by atoms with Crippen molar-refractivity contribution in [3.63, 3.8) is 0 Å². The molecule has 1 fully saturated rings. The lowest BCUT2D eigenvalue weighted by Gasteiger charge is -2.29. The van der Waals surface area contributed by atoms with E-state index in [9.17, 15) is 4.79 Å². The summed E-state index contributed by atoms with van der Waals surface area (Å²) in [4.78, 5) is 14.5. The molecular weight excluding hydrogens is 297 g/mol. The van der Waals surface area contributed by atoms with Gasteiger partial charge in [0.15, 0.2) is 0 Å². The standard InChI is InChI=1S/C14H19N3O.2ClH/c18-14(17-9-7-15-8-10-17)12-3-1-5-13-11(12)4-2-6-16-13;;/h1,3,5,15-16H,2,4,6-10H2;2*1H. The monoisotopic (exact) mass is 317 g/mol. The number of rotatable bonds is 1. The van der Waals surface area contributed by atoms with Crippen molar-refractivity contribution < 1.29 is 4.79 Å². The van der Waals surface area contributed by atoms with E-state index in [4.69, 9.17) is 0 Å². The van der Waals surface area contributed by atoms with E-state index >= 15 is 0 Å². The van der Waals surface area contributed by atoms with Gasteiger partial charge in [-0.1, -0.05) is 6.07 Å². The summed E-state index contributed by atoms with van der Waals surface area (Å²) in [5, 5.41) is 6.65. The van der Waals surface area contributed by atoms with Crippen molar-refractivity contribution in [2.75, 3.05) is 38.0 Å². The number of halogens is 2. The lowest BCUT2D eigenvalue weighted by atomic mass is 9.96. The molecule has 1 saturated heterocycles. The van der Waals surface area contributed by atoms with Crippen LogP contribution in [0.2, 0.25) is 0 Å². The smallest absolute Gasteiger partial charge is 0.254 e. The largest absolute Gasteiger partial charge is 0.385 e.